The van der Waals surface area contributed by atoms with Gasteiger partial charge in [-0.15, -0.1) is 0 Å². The SMILES string of the molecule is [2H]c1c([2H])c([2H])c(-c2c([2H])c([2H])c([2H])c([Si](c3nc(-n4c5ccccc5c5ccccc54)nc(-n4c5ccccc5c5ccccc54)n3)(c3c([2H])c([2H])c([2H])c([2H])c3[2H])c3c([2H])c([2H])c([2H])c([2H])c3[2H])c2[2H])c([2H])c1[2H]. The van der Waals surface area contributed by atoms with Crippen LogP contribution in [0.2, 0.25) is 0 Å². The van der Waals surface area contributed by atoms with Crippen molar-refractivity contribution in [3.8, 4) is 23.0 Å². The molecular formula is C51H35N5Si. The largest absolute Gasteiger partial charge is 0.278 e. The van der Waals surface area contributed by atoms with Crippen LogP contribution in [0, 0.1) is 0 Å². The number of hydrogen-bond donors (Lipinski definition) is 0. The Morgan fingerprint density at radius 1 is 0.368 bits per heavy atom. The first-order valence-electron chi connectivity index (χ1n) is 27.2. The summed E-state index contributed by atoms with van der Waals surface area (Å²) < 4.78 is 180. The van der Waals surface area contributed by atoms with Gasteiger partial charge in [-0.25, -0.2) is 9.97 Å². The van der Waals surface area contributed by atoms with Crippen LogP contribution >= 0.6 is 0 Å². The summed E-state index contributed by atoms with van der Waals surface area (Å²) in [7, 11) is -6.11. The van der Waals surface area contributed by atoms with E-state index in [1.807, 2.05) is 48.5 Å². The van der Waals surface area contributed by atoms with Crippen molar-refractivity contribution in [2.45, 2.75) is 0 Å². The molecule has 0 N–H and O–H groups in total. The highest BCUT2D eigenvalue weighted by atomic mass is 28.3. The molecular weight excluding hydrogens is 711 g/mol. The molecule has 0 spiro atoms. The predicted octanol–water partition coefficient (Wildman–Crippen LogP) is 9.11. The molecule has 0 saturated carbocycles. The standard InChI is InChI=1S/C51H35N5Si/c1-4-19-36(20-5-1)37-21-18-26-40(35-37)57(38-22-6-2-7-23-38,39-24-8-3-9-25-39)51-53-49(55-45-31-14-10-27-41(45)42-28-11-15-32-46(42)55)52-50(54-51)56-47-33-16-12-29-43(47)44-30-13-17-34-48(44)56/h1-35H/i1D,2D,3D,4D,5D,6D,7D,8D,9D,18D,19D,20D,21D,22D,23D,24D,25D,26D,35D. The fourth-order valence-electron chi connectivity index (χ4n) is 7.61. The van der Waals surface area contributed by atoms with Crippen LogP contribution in [0.4, 0.5) is 0 Å². The fourth-order valence-corrected chi connectivity index (χ4v) is 11.1. The van der Waals surface area contributed by atoms with E-state index in [4.69, 9.17) is 24.5 Å². The first kappa shape index (κ1) is 19.0. The Kier molecular flexibility index (Phi) is 4.46. The Hall–Kier alpha value is -7.41. The van der Waals surface area contributed by atoms with Gasteiger partial charge in [0, 0.05) is 21.5 Å². The Labute approximate surface area is 357 Å². The molecule has 3 heterocycles. The smallest absolute Gasteiger partial charge is 0.239 e. The van der Waals surface area contributed by atoms with Crippen molar-refractivity contribution in [2.24, 2.45) is 0 Å². The molecule has 0 saturated heterocycles. The molecule has 268 valence electrons. The van der Waals surface area contributed by atoms with Crippen LogP contribution in [0.25, 0.3) is 66.6 Å². The van der Waals surface area contributed by atoms with E-state index in [2.05, 4.69) is 0 Å². The van der Waals surface area contributed by atoms with Crippen LogP contribution in [-0.2, 0) is 0 Å². The summed E-state index contributed by atoms with van der Waals surface area (Å²) in [4.78, 5) is 15.5. The number of nitrogens with zero attached hydrogens (tertiary/aromatic N) is 5. The van der Waals surface area contributed by atoms with Gasteiger partial charge in [-0.1, -0.05) is 188 Å². The van der Waals surface area contributed by atoms with Crippen LogP contribution in [0.15, 0.2) is 212 Å². The molecule has 6 heteroatoms. The lowest BCUT2D eigenvalue weighted by Crippen LogP contribution is -2.76. The maximum absolute atomic E-state index is 10.3. The first-order valence-corrected chi connectivity index (χ1v) is 19.7. The molecule has 5 nitrogen and oxygen atoms in total. The molecule has 11 rings (SSSR count). The van der Waals surface area contributed by atoms with E-state index in [0.29, 0.717) is 43.6 Å². The number of aromatic nitrogens is 5. The molecule has 0 atom stereocenters. The van der Waals surface area contributed by atoms with E-state index in [1.54, 1.807) is 57.7 Å². The Morgan fingerprint density at radius 3 is 1.18 bits per heavy atom. The summed E-state index contributed by atoms with van der Waals surface area (Å²) >= 11 is 0. The van der Waals surface area contributed by atoms with Gasteiger partial charge < -0.3 is 0 Å². The highest BCUT2D eigenvalue weighted by Crippen LogP contribution is 2.33. The average molecular weight is 765 g/mol. The van der Waals surface area contributed by atoms with E-state index < -0.39 is 155 Å². The minimum Gasteiger partial charge on any atom is -0.278 e. The van der Waals surface area contributed by atoms with Gasteiger partial charge in [0.2, 0.25) is 20.0 Å². The Balaban J connectivity index is 1.49. The first-order chi connectivity index (χ1) is 36.2. The van der Waals surface area contributed by atoms with Gasteiger partial charge in [0.1, 0.15) is 5.45 Å². The lowest BCUT2D eigenvalue weighted by molar-refractivity contribution is 0.904. The van der Waals surface area contributed by atoms with Gasteiger partial charge in [-0.2, -0.15) is 4.98 Å². The second kappa shape index (κ2) is 13.4. The van der Waals surface area contributed by atoms with E-state index in [9.17, 15) is 16.4 Å². The van der Waals surface area contributed by atoms with Crippen molar-refractivity contribution >= 4 is 72.7 Å². The number of fused-ring (bicyclic) bond motifs is 6. The number of rotatable bonds is 7. The molecule has 0 fully saturated rings. The van der Waals surface area contributed by atoms with E-state index in [0.717, 1.165) is 0 Å². The van der Waals surface area contributed by atoms with Crippen molar-refractivity contribution < 1.29 is 26.0 Å². The zero-order chi connectivity index (χ0) is 54.3. The molecule has 0 aliphatic rings. The highest BCUT2D eigenvalue weighted by molar-refractivity contribution is 7.19. The van der Waals surface area contributed by atoms with Crippen LogP contribution in [0.1, 0.15) is 26.0 Å². The average Bonchev–Trinajstić information content (AvgIpc) is 4.05. The summed E-state index contributed by atoms with van der Waals surface area (Å²) in [6, 6.07) is 10.2. The molecule has 0 aliphatic carbocycles. The van der Waals surface area contributed by atoms with Gasteiger partial charge in [0.05, 0.1) is 48.1 Å². The molecule has 57 heavy (non-hydrogen) atoms. The van der Waals surface area contributed by atoms with Crippen LogP contribution in [-0.4, -0.2) is 32.2 Å². The van der Waals surface area contributed by atoms with E-state index >= 15 is 0 Å². The van der Waals surface area contributed by atoms with Gasteiger partial charge >= 0.3 is 0 Å². The zero-order valence-corrected chi connectivity index (χ0v) is 30.5. The normalized spacial score (nSPS) is 16.5. The monoisotopic (exact) mass is 764 g/mol. The molecule has 11 aromatic rings. The lowest BCUT2D eigenvalue weighted by Gasteiger charge is -2.32. The number of benzene rings is 8. The van der Waals surface area contributed by atoms with Crippen LogP contribution < -0.4 is 21.0 Å². The van der Waals surface area contributed by atoms with Crippen molar-refractivity contribution in [3.05, 3.63) is 212 Å². The second-order valence-corrected chi connectivity index (χ2v) is 16.4. The third-order valence-electron chi connectivity index (χ3n) is 10.0. The molecule has 0 amide bonds. The van der Waals surface area contributed by atoms with Crippen LogP contribution in [0.3, 0.4) is 0 Å². The minimum atomic E-state index is -6.11. The van der Waals surface area contributed by atoms with Gasteiger partial charge in [0.15, 0.2) is 0 Å². The predicted molar refractivity (Wildman–Crippen MR) is 238 cm³/mol. The van der Waals surface area contributed by atoms with Gasteiger partial charge in [-0.05, 0) is 51.0 Å². The van der Waals surface area contributed by atoms with Crippen molar-refractivity contribution in [3.63, 3.8) is 0 Å². The molecule has 0 bridgehead atoms. The summed E-state index contributed by atoms with van der Waals surface area (Å²) in [5, 5.41) is 0.314. The summed E-state index contributed by atoms with van der Waals surface area (Å²) in [5.74, 6) is -0.467. The molecule has 0 unspecified atom stereocenters. The van der Waals surface area contributed by atoms with Gasteiger partial charge in [-0.3, -0.25) is 9.13 Å². The second-order valence-electron chi connectivity index (χ2n) is 13.0. The Morgan fingerprint density at radius 2 is 0.737 bits per heavy atom. The third-order valence-corrected chi connectivity index (χ3v) is 13.9. The van der Waals surface area contributed by atoms with E-state index in [-0.39, 0.29) is 11.9 Å². The van der Waals surface area contributed by atoms with E-state index in [1.165, 1.54) is 0 Å². The summed E-state index contributed by atoms with van der Waals surface area (Å²) in [6.45, 7) is 0. The zero-order valence-electron chi connectivity index (χ0n) is 48.5. The number of hydrogen-bond acceptors (Lipinski definition) is 3. The Bertz CT molecular complexity index is 3990. The lowest BCUT2D eigenvalue weighted by atomic mass is 10.1. The molecule has 8 aromatic carbocycles. The van der Waals surface area contributed by atoms with Crippen LogP contribution in [0.5, 0.6) is 0 Å². The highest BCUT2D eigenvalue weighted by Gasteiger charge is 2.46. The van der Waals surface area contributed by atoms with Crippen molar-refractivity contribution in [1.29, 1.82) is 0 Å². The molecule has 3 aromatic heterocycles. The molecule has 0 radical (unpaired) electrons. The number of para-hydroxylation sites is 4. The maximum Gasteiger partial charge on any atom is 0.239 e. The topological polar surface area (TPSA) is 48.5 Å². The van der Waals surface area contributed by atoms with Crippen molar-refractivity contribution in [2.75, 3.05) is 0 Å². The minimum absolute atomic E-state index is 0.233. The quantitative estimate of drug-likeness (QED) is 0.120. The summed E-state index contributed by atoms with van der Waals surface area (Å²) in [5.41, 5.74) is -0.235. The maximum atomic E-state index is 10.3. The summed E-state index contributed by atoms with van der Waals surface area (Å²) in [6.07, 6.45) is 0. The van der Waals surface area contributed by atoms with Gasteiger partial charge in [0.25, 0.3) is 0 Å². The van der Waals surface area contributed by atoms with Crippen molar-refractivity contribution in [1.82, 2.24) is 24.1 Å². The molecule has 0 aliphatic heterocycles. The fraction of sp³-hybridized carbons (Fsp3) is 0. The third kappa shape index (κ3) is 5.19.